The molecule has 0 saturated carbocycles. The predicted octanol–water partition coefficient (Wildman–Crippen LogP) is 1.73. The molecule has 0 spiro atoms. The highest BCUT2D eigenvalue weighted by Gasteiger charge is 2.18. The number of piperazine rings is 1. The summed E-state index contributed by atoms with van der Waals surface area (Å²) in [5.41, 5.74) is 1.30. The largest absolute Gasteiger partial charge is 0.497 e. The number of rotatable bonds is 8. The van der Waals surface area contributed by atoms with Gasteiger partial charge in [-0.1, -0.05) is 25.5 Å². The zero-order valence-electron chi connectivity index (χ0n) is 14.4. The molecule has 128 valence electrons. The number of carbonyl (C=O) groups excluding carboxylic acids is 1. The lowest BCUT2D eigenvalue weighted by Gasteiger charge is -2.34. The molecule has 1 aromatic carbocycles. The minimum absolute atomic E-state index is 0.155. The van der Waals surface area contributed by atoms with Gasteiger partial charge in [0, 0.05) is 39.3 Å². The SMILES string of the molecule is CCCCNC(=O)CN1CCN(Cc2ccc(OC)cc2)CC1. The summed E-state index contributed by atoms with van der Waals surface area (Å²) in [4.78, 5) is 16.5. The van der Waals surface area contributed by atoms with E-state index in [1.165, 1.54) is 5.56 Å². The van der Waals surface area contributed by atoms with Gasteiger partial charge in [-0.3, -0.25) is 14.6 Å². The van der Waals surface area contributed by atoms with Crippen molar-refractivity contribution in [1.82, 2.24) is 15.1 Å². The van der Waals surface area contributed by atoms with Crippen LogP contribution in [0.5, 0.6) is 5.75 Å². The van der Waals surface area contributed by atoms with Crippen molar-refractivity contribution in [3.63, 3.8) is 0 Å². The quantitative estimate of drug-likeness (QED) is 0.741. The summed E-state index contributed by atoms with van der Waals surface area (Å²) in [5, 5.41) is 2.99. The Labute approximate surface area is 139 Å². The topological polar surface area (TPSA) is 44.8 Å². The molecule has 0 radical (unpaired) electrons. The van der Waals surface area contributed by atoms with E-state index in [0.717, 1.165) is 57.9 Å². The normalized spacial score (nSPS) is 16.3. The Kier molecular flexibility index (Phi) is 7.36. The summed E-state index contributed by atoms with van der Waals surface area (Å²) >= 11 is 0. The van der Waals surface area contributed by atoms with E-state index in [0.29, 0.717) is 6.54 Å². The van der Waals surface area contributed by atoms with E-state index < -0.39 is 0 Å². The highest BCUT2D eigenvalue weighted by molar-refractivity contribution is 5.77. The number of methoxy groups -OCH3 is 1. The van der Waals surface area contributed by atoms with Crippen LogP contribution in [0.4, 0.5) is 0 Å². The van der Waals surface area contributed by atoms with Gasteiger partial charge in [0.25, 0.3) is 0 Å². The van der Waals surface area contributed by atoms with Crippen LogP contribution in [0.3, 0.4) is 0 Å². The second-order valence-electron chi connectivity index (χ2n) is 6.10. The molecular weight excluding hydrogens is 290 g/mol. The molecule has 1 amide bonds. The summed E-state index contributed by atoms with van der Waals surface area (Å²) in [7, 11) is 1.69. The summed E-state index contributed by atoms with van der Waals surface area (Å²) in [6.07, 6.45) is 2.17. The lowest BCUT2D eigenvalue weighted by molar-refractivity contribution is -0.122. The lowest BCUT2D eigenvalue weighted by atomic mass is 10.2. The highest BCUT2D eigenvalue weighted by Crippen LogP contribution is 2.14. The van der Waals surface area contributed by atoms with Crippen molar-refractivity contribution in [2.24, 2.45) is 0 Å². The van der Waals surface area contributed by atoms with E-state index in [1.807, 2.05) is 12.1 Å². The number of nitrogens with zero attached hydrogens (tertiary/aromatic N) is 2. The predicted molar refractivity (Wildman–Crippen MR) is 92.6 cm³/mol. The average Bonchev–Trinajstić information content (AvgIpc) is 2.57. The van der Waals surface area contributed by atoms with Gasteiger partial charge in [-0.05, 0) is 24.1 Å². The van der Waals surface area contributed by atoms with Gasteiger partial charge in [-0.25, -0.2) is 0 Å². The third-order valence-corrected chi connectivity index (χ3v) is 4.25. The van der Waals surface area contributed by atoms with Crippen LogP contribution in [0.1, 0.15) is 25.3 Å². The third kappa shape index (κ3) is 6.20. The van der Waals surface area contributed by atoms with Gasteiger partial charge in [-0.15, -0.1) is 0 Å². The van der Waals surface area contributed by atoms with Crippen LogP contribution in [0.15, 0.2) is 24.3 Å². The minimum Gasteiger partial charge on any atom is -0.497 e. The first-order valence-corrected chi connectivity index (χ1v) is 8.55. The van der Waals surface area contributed by atoms with Crippen molar-refractivity contribution in [2.45, 2.75) is 26.3 Å². The van der Waals surface area contributed by atoms with E-state index >= 15 is 0 Å². The maximum absolute atomic E-state index is 11.8. The molecule has 1 aromatic rings. The molecule has 23 heavy (non-hydrogen) atoms. The average molecular weight is 319 g/mol. The van der Waals surface area contributed by atoms with Crippen LogP contribution in [-0.4, -0.2) is 62.1 Å². The lowest BCUT2D eigenvalue weighted by Crippen LogP contribution is -2.49. The van der Waals surface area contributed by atoms with Gasteiger partial charge in [0.15, 0.2) is 0 Å². The molecular formula is C18H29N3O2. The van der Waals surface area contributed by atoms with Crippen molar-refractivity contribution in [3.05, 3.63) is 29.8 Å². The van der Waals surface area contributed by atoms with E-state index in [2.05, 4.69) is 34.2 Å². The maximum atomic E-state index is 11.8. The maximum Gasteiger partial charge on any atom is 0.234 e. The molecule has 0 atom stereocenters. The van der Waals surface area contributed by atoms with Crippen molar-refractivity contribution >= 4 is 5.91 Å². The monoisotopic (exact) mass is 319 g/mol. The number of ether oxygens (including phenoxy) is 1. The van der Waals surface area contributed by atoms with E-state index in [1.54, 1.807) is 7.11 Å². The Morgan fingerprint density at radius 3 is 2.39 bits per heavy atom. The van der Waals surface area contributed by atoms with Gasteiger partial charge in [-0.2, -0.15) is 0 Å². The van der Waals surface area contributed by atoms with E-state index in [9.17, 15) is 4.79 Å². The second-order valence-corrected chi connectivity index (χ2v) is 6.10. The van der Waals surface area contributed by atoms with Gasteiger partial charge < -0.3 is 10.1 Å². The Balaban J connectivity index is 1.67. The van der Waals surface area contributed by atoms with Crippen molar-refractivity contribution in [1.29, 1.82) is 0 Å². The fourth-order valence-electron chi connectivity index (χ4n) is 2.76. The molecule has 0 aromatic heterocycles. The summed E-state index contributed by atoms with van der Waals surface area (Å²) in [5.74, 6) is 1.05. The molecule has 2 rings (SSSR count). The zero-order valence-corrected chi connectivity index (χ0v) is 14.4. The number of hydrogen-bond acceptors (Lipinski definition) is 4. The zero-order chi connectivity index (χ0) is 16.5. The number of amides is 1. The fraction of sp³-hybridized carbons (Fsp3) is 0.611. The van der Waals surface area contributed by atoms with Crippen molar-refractivity contribution in [3.8, 4) is 5.75 Å². The van der Waals surface area contributed by atoms with Crippen LogP contribution in [-0.2, 0) is 11.3 Å². The molecule has 1 saturated heterocycles. The van der Waals surface area contributed by atoms with Gasteiger partial charge >= 0.3 is 0 Å². The highest BCUT2D eigenvalue weighted by atomic mass is 16.5. The Bertz CT molecular complexity index is 468. The first kappa shape index (κ1) is 17.8. The van der Waals surface area contributed by atoms with Gasteiger partial charge in [0.05, 0.1) is 13.7 Å². The molecule has 0 bridgehead atoms. The van der Waals surface area contributed by atoms with Crippen molar-refractivity contribution < 1.29 is 9.53 Å². The molecule has 1 fully saturated rings. The summed E-state index contributed by atoms with van der Waals surface area (Å²) in [6, 6.07) is 8.25. The Morgan fingerprint density at radius 1 is 1.13 bits per heavy atom. The minimum atomic E-state index is 0.155. The summed E-state index contributed by atoms with van der Waals surface area (Å²) in [6.45, 7) is 8.35. The van der Waals surface area contributed by atoms with Crippen LogP contribution in [0.25, 0.3) is 0 Å². The second kappa shape index (κ2) is 9.53. The van der Waals surface area contributed by atoms with Crippen LogP contribution in [0.2, 0.25) is 0 Å². The first-order valence-electron chi connectivity index (χ1n) is 8.55. The Morgan fingerprint density at radius 2 is 1.78 bits per heavy atom. The third-order valence-electron chi connectivity index (χ3n) is 4.25. The molecule has 1 aliphatic rings. The number of benzene rings is 1. The molecule has 0 unspecified atom stereocenters. The summed E-state index contributed by atoms with van der Waals surface area (Å²) < 4.78 is 5.19. The number of unbranched alkanes of at least 4 members (excludes halogenated alkanes) is 1. The van der Waals surface area contributed by atoms with Crippen molar-refractivity contribution in [2.75, 3.05) is 46.4 Å². The smallest absolute Gasteiger partial charge is 0.234 e. The Hall–Kier alpha value is -1.59. The molecule has 1 N–H and O–H groups in total. The fourth-order valence-corrected chi connectivity index (χ4v) is 2.76. The molecule has 5 heteroatoms. The van der Waals surface area contributed by atoms with Gasteiger partial charge in [0.1, 0.15) is 5.75 Å². The molecule has 5 nitrogen and oxygen atoms in total. The molecule has 1 heterocycles. The molecule has 1 aliphatic heterocycles. The number of hydrogen-bond donors (Lipinski definition) is 1. The molecule has 0 aliphatic carbocycles. The number of nitrogens with one attached hydrogen (secondary N) is 1. The van der Waals surface area contributed by atoms with Crippen LogP contribution >= 0.6 is 0 Å². The van der Waals surface area contributed by atoms with Crippen LogP contribution in [0, 0.1) is 0 Å². The standard InChI is InChI=1S/C18H29N3O2/c1-3-4-9-19-18(22)15-21-12-10-20(11-13-21)14-16-5-7-17(23-2)8-6-16/h5-8H,3-4,9-15H2,1-2H3,(H,19,22). The number of carbonyl (C=O) groups is 1. The van der Waals surface area contributed by atoms with Crippen LogP contribution < -0.4 is 10.1 Å². The van der Waals surface area contributed by atoms with E-state index in [4.69, 9.17) is 4.74 Å². The van der Waals surface area contributed by atoms with Gasteiger partial charge in [0.2, 0.25) is 5.91 Å². The van der Waals surface area contributed by atoms with E-state index in [-0.39, 0.29) is 5.91 Å². The first-order chi connectivity index (χ1) is 11.2.